The Kier molecular flexibility index (Phi) is 2.61. The van der Waals surface area contributed by atoms with E-state index in [4.69, 9.17) is 9.47 Å². The normalized spacial score (nSPS) is 16.6. The van der Waals surface area contributed by atoms with Crippen molar-refractivity contribution in [2.75, 3.05) is 19.5 Å². The van der Waals surface area contributed by atoms with Gasteiger partial charge in [-0.05, 0) is 26.0 Å². The number of methoxy groups -OCH3 is 2. The van der Waals surface area contributed by atoms with E-state index in [-0.39, 0.29) is 5.91 Å². The second-order valence-corrected chi connectivity index (χ2v) is 4.42. The maximum Gasteiger partial charge on any atom is 0.259 e. The van der Waals surface area contributed by atoms with Crippen LogP contribution in [0.3, 0.4) is 0 Å². The van der Waals surface area contributed by atoms with Crippen molar-refractivity contribution in [1.82, 2.24) is 5.32 Å². The van der Waals surface area contributed by atoms with Crippen LogP contribution in [0.15, 0.2) is 12.1 Å². The van der Waals surface area contributed by atoms with Gasteiger partial charge < -0.3 is 20.1 Å². The number of hydrogen-bond donors (Lipinski definition) is 2. The number of ether oxygens (including phenoxy) is 2. The molecular weight excluding hydrogens is 220 g/mol. The molecule has 5 nitrogen and oxygen atoms in total. The lowest BCUT2D eigenvalue weighted by atomic mass is 10.0. The first-order chi connectivity index (χ1) is 7.98. The van der Waals surface area contributed by atoms with Gasteiger partial charge in [0.1, 0.15) is 22.7 Å². The Hall–Kier alpha value is -1.91. The van der Waals surface area contributed by atoms with Crippen LogP contribution in [0.4, 0.5) is 5.69 Å². The van der Waals surface area contributed by atoms with Crippen LogP contribution in [0.1, 0.15) is 24.2 Å². The number of fused-ring (bicyclic) bond motifs is 1. The number of anilines is 1. The van der Waals surface area contributed by atoms with Gasteiger partial charge in [0.15, 0.2) is 0 Å². The lowest BCUT2D eigenvalue weighted by molar-refractivity contribution is 0.0910. The monoisotopic (exact) mass is 236 g/mol. The van der Waals surface area contributed by atoms with E-state index < -0.39 is 5.66 Å². The lowest BCUT2D eigenvalue weighted by Gasteiger charge is -2.35. The van der Waals surface area contributed by atoms with E-state index in [0.29, 0.717) is 22.7 Å². The summed E-state index contributed by atoms with van der Waals surface area (Å²) in [6, 6.07) is 3.50. The Balaban J connectivity index is 2.63. The fourth-order valence-corrected chi connectivity index (χ4v) is 1.94. The van der Waals surface area contributed by atoms with E-state index in [1.165, 1.54) is 7.11 Å². The molecule has 5 heteroatoms. The quantitative estimate of drug-likeness (QED) is 0.818. The summed E-state index contributed by atoms with van der Waals surface area (Å²) < 4.78 is 10.4. The minimum absolute atomic E-state index is 0.167. The number of hydrogen-bond acceptors (Lipinski definition) is 4. The minimum Gasteiger partial charge on any atom is -0.496 e. The third kappa shape index (κ3) is 1.88. The Morgan fingerprint density at radius 2 is 1.65 bits per heavy atom. The van der Waals surface area contributed by atoms with E-state index >= 15 is 0 Å². The molecule has 1 aliphatic heterocycles. The summed E-state index contributed by atoms with van der Waals surface area (Å²) in [6.07, 6.45) is 0. The second-order valence-electron chi connectivity index (χ2n) is 4.42. The molecule has 2 N–H and O–H groups in total. The molecule has 0 aromatic heterocycles. The molecule has 0 fully saturated rings. The van der Waals surface area contributed by atoms with E-state index in [2.05, 4.69) is 10.6 Å². The Morgan fingerprint density at radius 3 is 2.24 bits per heavy atom. The number of carbonyl (C=O) groups is 1. The van der Waals surface area contributed by atoms with Crippen molar-refractivity contribution in [3.05, 3.63) is 17.7 Å². The predicted octanol–water partition coefficient (Wildman–Crippen LogP) is 1.60. The molecule has 0 spiro atoms. The van der Waals surface area contributed by atoms with E-state index in [0.717, 1.165) is 0 Å². The van der Waals surface area contributed by atoms with E-state index in [9.17, 15) is 4.79 Å². The number of nitrogens with one attached hydrogen (secondary N) is 2. The fourth-order valence-electron chi connectivity index (χ4n) is 1.94. The predicted molar refractivity (Wildman–Crippen MR) is 64.7 cm³/mol. The van der Waals surface area contributed by atoms with Crippen molar-refractivity contribution in [2.24, 2.45) is 0 Å². The van der Waals surface area contributed by atoms with Gasteiger partial charge in [-0.2, -0.15) is 0 Å². The van der Waals surface area contributed by atoms with Gasteiger partial charge >= 0.3 is 0 Å². The van der Waals surface area contributed by atoms with Crippen LogP contribution in [0, 0.1) is 0 Å². The average molecular weight is 236 g/mol. The summed E-state index contributed by atoms with van der Waals surface area (Å²) in [5.41, 5.74) is 0.635. The first-order valence-corrected chi connectivity index (χ1v) is 5.34. The largest absolute Gasteiger partial charge is 0.496 e. The Labute approximate surface area is 100 Å². The van der Waals surface area contributed by atoms with Crippen LogP contribution in [-0.2, 0) is 0 Å². The van der Waals surface area contributed by atoms with Gasteiger partial charge in [-0.25, -0.2) is 0 Å². The van der Waals surface area contributed by atoms with Gasteiger partial charge in [0.25, 0.3) is 5.91 Å². The summed E-state index contributed by atoms with van der Waals surface area (Å²) in [7, 11) is 3.11. The van der Waals surface area contributed by atoms with Gasteiger partial charge in [0.05, 0.1) is 19.9 Å². The summed E-state index contributed by atoms with van der Waals surface area (Å²) in [4.78, 5) is 12.1. The van der Waals surface area contributed by atoms with E-state index in [1.54, 1.807) is 19.2 Å². The summed E-state index contributed by atoms with van der Waals surface area (Å²) in [5, 5.41) is 6.08. The van der Waals surface area contributed by atoms with Crippen molar-refractivity contribution < 1.29 is 14.3 Å². The Morgan fingerprint density at radius 1 is 1.06 bits per heavy atom. The molecule has 92 valence electrons. The molecule has 1 aromatic carbocycles. The molecule has 1 aromatic rings. The molecule has 0 unspecified atom stereocenters. The maximum atomic E-state index is 12.1. The highest BCUT2D eigenvalue weighted by atomic mass is 16.5. The second kappa shape index (κ2) is 3.84. The molecule has 2 rings (SSSR count). The van der Waals surface area contributed by atoms with Gasteiger partial charge in [-0.3, -0.25) is 4.79 Å². The number of rotatable bonds is 2. The van der Waals surface area contributed by atoms with Crippen molar-refractivity contribution in [1.29, 1.82) is 0 Å². The molecule has 0 aliphatic carbocycles. The lowest BCUT2D eigenvalue weighted by Crippen LogP contribution is -2.53. The molecule has 1 heterocycles. The smallest absolute Gasteiger partial charge is 0.259 e. The highest BCUT2D eigenvalue weighted by Gasteiger charge is 2.33. The van der Waals surface area contributed by atoms with Crippen LogP contribution >= 0.6 is 0 Å². The van der Waals surface area contributed by atoms with Gasteiger partial charge in [-0.1, -0.05) is 0 Å². The van der Waals surface area contributed by atoms with Crippen molar-refractivity contribution in [3.63, 3.8) is 0 Å². The molecule has 1 aliphatic rings. The fraction of sp³-hybridized carbons (Fsp3) is 0.417. The highest BCUT2D eigenvalue weighted by molar-refractivity contribution is 6.06. The molecular formula is C12H16N2O3. The molecule has 0 saturated heterocycles. The van der Waals surface area contributed by atoms with E-state index in [1.807, 2.05) is 13.8 Å². The number of amides is 1. The minimum atomic E-state index is -0.510. The summed E-state index contributed by atoms with van der Waals surface area (Å²) in [6.45, 7) is 3.76. The van der Waals surface area contributed by atoms with Crippen molar-refractivity contribution >= 4 is 11.6 Å². The van der Waals surface area contributed by atoms with Gasteiger partial charge in [0, 0.05) is 0 Å². The molecule has 1 amide bonds. The molecule has 0 radical (unpaired) electrons. The van der Waals surface area contributed by atoms with Crippen LogP contribution < -0.4 is 20.1 Å². The summed E-state index contributed by atoms with van der Waals surface area (Å²) in [5.74, 6) is 0.990. The molecule has 0 saturated carbocycles. The molecule has 0 bridgehead atoms. The number of benzene rings is 1. The Bertz CT molecular complexity index is 469. The standard InChI is InChI=1S/C12H16N2O3/c1-12(2)13-10-8(17-4)6-5-7(16-3)9(10)11(15)14-12/h5-6,13H,1-4H3,(H,14,15). The highest BCUT2D eigenvalue weighted by Crippen LogP contribution is 2.38. The molecule has 0 atom stereocenters. The van der Waals surface area contributed by atoms with Crippen LogP contribution in [0.25, 0.3) is 0 Å². The van der Waals surface area contributed by atoms with Crippen molar-refractivity contribution in [2.45, 2.75) is 19.5 Å². The average Bonchev–Trinajstić information content (AvgIpc) is 2.25. The third-order valence-electron chi connectivity index (χ3n) is 2.66. The first kappa shape index (κ1) is 11.6. The third-order valence-corrected chi connectivity index (χ3v) is 2.66. The zero-order chi connectivity index (χ0) is 12.6. The number of carbonyl (C=O) groups excluding carboxylic acids is 1. The van der Waals surface area contributed by atoms with Crippen LogP contribution in [0.5, 0.6) is 11.5 Å². The first-order valence-electron chi connectivity index (χ1n) is 5.34. The van der Waals surface area contributed by atoms with Crippen LogP contribution in [0.2, 0.25) is 0 Å². The maximum absolute atomic E-state index is 12.1. The SMILES string of the molecule is COc1ccc(OC)c2c1NC(C)(C)NC2=O. The van der Waals surface area contributed by atoms with Crippen LogP contribution in [-0.4, -0.2) is 25.8 Å². The zero-order valence-electron chi connectivity index (χ0n) is 10.4. The van der Waals surface area contributed by atoms with Gasteiger partial charge in [0.2, 0.25) is 0 Å². The zero-order valence-corrected chi connectivity index (χ0v) is 10.4. The topological polar surface area (TPSA) is 59.6 Å². The van der Waals surface area contributed by atoms with Gasteiger partial charge in [-0.15, -0.1) is 0 Å². The summed E-state index contributed by atoms with van der Waals surface area (Å²) >= 11 is 0. The molecule has 17 heavy (non-hydrogen) atoms. The van der Waals surface area contributed by atoms with Crippen molar-refractivity contribution in [3.8, 4) is 11.5 Å².